The standard InChI is InChI=1S/C49H60N2O13/c1-22-34(23(2)53)38(56)36-27(37(22)55)13-24(43(59)60)14-32(36)62-44-39(57)41(58)49-16-29-35-26(31(64-49)8-7-30(54)42(49)63-44)5-6-28(35)47(11-12-52)21-61-18-25-15-46-19-45(9-3-4-10-45)17-33(46)50-51-48(29,20-46)40(25)47/h6,13-14,25,29-31,33,39-42,44,50-52,54-58H,3-5,7-12,15-21H2,1-2H3,(H,59,60)/t25-,29+,30+,31+,33-,39+,40-,41+,42+,44+,46-,47+,48-,49-/m0/s1. The zero-order valence-corrected chi connectivity index (χ0v) is 36.4. The summed E-state index contributed by atoms with van der Waals surface area (Å²) in [5, 5.41) is 81.0. The third kappa shape index (κ3) is 5.30. The Bertz CT molecular complexity index is 2440. The molecule has 0 aromatic heterocycles. The van der Waals surface area contributed by atoms with Crippen LogP contribution in [0, 0.1) is 40.9 Å². The Morgan fingerprint density at radius 3 is 2.56 bits per heavy atom. The van der Waals surface area contributed by atoms with Gasteiger partial charge in [0.2, 0.25) is 6.29 Å². The molecule has 64 heavy (non-hydrogen) atoms. The predicted octanol–water partition coefficient (Wildman–Crippen LogP) is 4.21. The maximum Gasteiger partial charge on any atom is 0.335 e. The molecule has 15 heteroatoms. The molecule has 9 N–H and O–H groups in total. The number of aromatic hydroxyl groups is 2. The van der Waals surface area contributed by atoms with Gasteiger partial charge < -0.3 is 54.7 Å². The first-order valence-electron chi connectivity index (χ1n) is 23.6. The molecule has 15 nitrogen and oxygen atoms in total. The maximum absolute atomic E-state index is 12.9. The summed E-state index contributed by atoms with van der Waals surface area (Å²) in [7, 11) is 0. The van der Waals surface area contributed by atoms with Crippen LogP contribution in [0.25, 0.3) is 10.8 Å². The summed E-state index contributed by atoms with van der Waals surface area (Å²) in [6.07, 6.45) is 5.36. The summed E-state index contributed by atoms with van der Waals surface area (Å²) in [5.74, 6) is -3.22. The highest BCUT2D eigenvalue weighted by molar-refractivity contribution is 6.11. The van der Waals surface area contributed by atoms with Crippen molar-refractivity contribution >= 4 is 22.5 Å². The number of hydrogen-bond acceptors (Lipinski definition) is 14. The largest absolute Gasteiger partial charge is 0.507 e. The van der Waals surface area contributed by atoms with Crippen LogP contribution < -0.4 is 15.6 Å². The molecule has 0 radical (unpaired) electrons. The number of carboxylic acid groups (broad SMARTS) is 1. The van der Waals surface area contributed by atoms with Crippen molar-refractivity contribution in [2.45, 2.75) is 151 Å². The second kappa shape index (κ2) is 14.0. The average Bonchev–Trinajstić information content (AvgIpc) is 3.94. The molecule has 4 saturated carbocycles. The number of hydrazine groups is 1. The average molecular weight is 885 g/mol. The quantitative estimate of drug-likeness (QED) is 0.146. The number of phenols is 2. The molecular weight excluding hydrogens is 825 g/mol. The van der Waals surface area contributed by atoms with E-state index in [4.69, 9.17) is 18.9 Å². The zero-order valence-electron chi connectivity index (χ0n) is 36.4. The Hall–Kier alpha value is -3.64. The second-order valence-corrected chi connectivity index (χ2v) is 21.7. The SMILES string of the molecule is CC(=O)c1c(C)c(O)c2cc(C(=O)O)cc(O[C@@H]3O[C@@H]4[C@H](O)CC[C@H]5O[C@@]4(C[C@@H]4C6=C5CC=C6[C@@]5(CCO)COC[C@@H]6C[C@@]78CC9(CCCC9)C[C@@H]7NN[C@]4(C8)[C@@H]65)[C@H](O)[C@H]3O)c2c1O. The number of hydrogen-bond donors (Lipinski definition) is 9. The van der Waals surface area contributed by atoms with E-state index in [-0.39, 0.29) is 81.9 Å². The lowest BCUT2D eigenvalue weighted by Gasteiger charge is -2.71. The number of benzene rings is 2. The van der Waals surface area contributed by atoms with E-state index in [0.717, 1.165) is 43.4 Å². The molecule has 4 spiro atoms. The lowest BCUT2D eigenvalue weighted by atomic mass is 9.39. The van der Waals surface area contributed by atoms with E-state index >= 15 is 0 Å². The first kappa shape index (κ1) is 41.8. The smallest absolute Gasteiger partial charge is 0.335 e. The Labute approximate surface area is 370 Å². The van der Waals surface area contributed by atoms with Crippen molar-refractivity contribution < 1.29 is 64.3 Å². The van der Waals surface area contributed by atoms with Gasteiger partial charge in [0, 0.05) is 47.1 Å². The molecule has 5 aliphatic carbocycles. The van der Waals surface area contributed by atoms with Crippen LogP contribution in [0.2, 0.25) is 0 Å². The molecule has 4 bridgehead atoms. The van der Waals surface area contributed by atoms with Crippen LogP contribution in [0.4, 0.5) is 0 Å². The van der Waals surface area contributed by atoms with Gasteiger partial charge in [-0.1, -0.05) is 18.9 Å². The number of carboxylic acids is 1. The third-order valence-electron chi connectivity index (χ3n) is 18.7. The number of aliphatic hydroxyl groups is 4. The van der Waals surface area contributed by atoms with Crippen LogP contribution in [0.1, 0.15) is 117 Å². The fourth-order valence-corrected chi connectivity index (χ4v) is 16.7. The Morgan fingerprint density at radius 2 is 1.81 bits per heavy atom. The summed E-state index contributed by atoms with van der Waals surface area (Å²) >= 11 is 0. The fraction of sp³-hybridized carbons (Fsp3) is 0.673. The minimum Gasteiger partial charge on any atom is -0.507 e. The molecule has 0 unspecified atom stereocenters. The number of fused-ring (bicyclic) bond motifs is 4. The number of phenolic OH excluding ortho intramolecular Hbond substituents is 2. The van der Waals surface area contributed by atoms with Gasteiger partial charge in [-0.2, -0.15) is 0 Å². The van der Waals surface area contributed by atoms with Crippen molar-refractivity contribution in [1.82, 2.24) is 10.9 Å². The van der Waals surface area contributed by atoms with Crippen molar-refractivity contribution in [2.24, 2.45) is 34.0 Å². The van der Waals surface area contributed by atoms with Gasteiger partial charge in [0.25, 0.3) is 0 Å². The molecule has 4 saturated heterocycles. The van der Waals surface area contributed by atoms with E-state index in [9.17, 15) is 45.3 Å². The molecule has 14 atom stereocenters. The lowest BCUT2D eigenvalue weighted by Crippen LogP contribution is -2.81. The number of allylic oxidation sites excluding steroid dienone is 1. The van der Waals surface area contributed by atoms with Crippen molar-refractivity contribution in [2.75, 3.05) is 19.8 Å². The molecule has 5 aliphatic heterocycles. The van der Waals surface area contributed by atoms with Gasteiger partial charge in [-0.05, 0) is 136 Å². The number of nitrogens with one attached hydrogen (secondary N) is 2. The number of carbonyl (C=O) groups is 2. The van der Waals surface area contributed by atoms with Gasteiger partial charge in [-0.25, -0.2) is 4.79 Å². The molecule has 5 heterocycles. The zero-order chi connectivity index (χ0) is 44.5. The molecule has 12 rings (SSSR count). The fourth-order valence-electron chi connectivity index (χ4n) is 16.7. The van der Waals surface area contributed by atoms with Gasteiger partial charge in [0.1, 0.15) is 41.2 Å². The van der Waals surface area contributed by atoms with Crippen LogP contribution in [0.5, 0.6) is 17.2 Å². The molecule has 8 fully saturated rings. The van der Waals surface area contributed by atoms with Crippen LogP contribution in [0.15, 0.2) is 34.9 Å². The second-order valence-electron chi connectivity index (χ2n) is 21.7. The minimum absolute atomic E-state index is 0.00710. The molecule has 10 aliphatic rings. The van der Waals surface area contributed by atoms with E-state index < -0.39 is 76.6 Å². The topological polar surface area (TPSA) is 237 Å². The number of Topliss-reactive ketones (excluding diaryl/α,β-unsaturated/α-hetero) is 1. The molecule has 2 aromatic carbocycles. The van der Waals surface area contributed by atoms with Crippen molar-refractivity contribution in [3.63, 3.8) is 0 Å². The van der Waals surface area contributed by atoms with Gasteiger partial charge in [-0.3, -0.25) is 15.6 Å². The number of rotatable bonds is 6. The summed E-state index contributed by atoms with van der Waals surface area (Å²) in [4.78, 5) is 25.2. The number of carbonyl (C=O) groups excluding carboxylic acids is 1. The Kier molecular flexibility index (Phi) is 9.11. The van der Waals surface area contributed by atoms with Gasteiger partial charge in [0.05, 0.1) is 35.3 Å². The highest BCUT2D eigenvalue weighted by Gasteiger charge is 2.76. The Morgan fingerprint density at radius 1 is 1.02 bits per heavy atom. The monoisotopic (exact) mass is 884 g/mol. The minimum atomic E-state index is -1.82. The van der Waals surface area contributed by atoms with Crippen molar-refractivity contribution in [3.8, 4) is 17.2 Å². The first-order valence-corrected chi connectivity index (χ1v) is 23.6. The molecular formula is C49H60N2O13. The molecule has 0 amide bonds. The van der Waals surface area contributed by atoms with Crippen molar-refractivity contribution in [1.29, 1.82) is 0 Å². The highest BCUT2D eigenvalue weighted by atomic mass is 16.7. The van der Waals surface area contributed by atoms with E-state index in [0.29, 0.717) is 37.9 Å². The van der Waals surface area contributed by atoms with E-state index in [2.05, 4.69) is 16.9 Å². The number of ketones is 1. The lowest BCUT2D eigenvalue weighted by molar-refractivity contribution is -0.337. The van der Waals surface area contributed by atoms with E-state index in [1.165, 1.54) is 50.7 Å². The third-order valence-corrected chi connectivity index (χ3v) is 18.7. The summed E-state index contributed by atoms with van der Waals surface area (Å²) in [6.45, 7) is 3.79. The van der Waals surface area contributed by atoms with E-state index in [1.807, 2.05) is 0 Å². The summed E-state index contributed by atoms with van der Waals surface area (Å²) < 4.78 is 27.0. The van der Waals surface area contributed by atoms with E-state index in [1.54, 1.807) is 0 Å². The number of ether oxygens (including phenoxy) is 4. The van der Waals surface area contributed by atoms with Crippen LogP contribution >= 0.6 is 0 Å². The summed E-state index contributed by atoms with van der Waals surface area (Å²) in [6, 6.07) is 2.55. The van der Waals surface area contributed by atoms with Crippen molar-refractivity contribution in [3.05, 3.63) is 51.6 Å². The van der Waals surface area contributed by atoms with Gasteiger partial charge >= 0.3 is 5.97 Å². The van der Waals surface area contributed by atoms with Crippen LogP contribution in [-0.2, 0) is 14.2 Å². The molecule has 2 aromatic rings. The normalized spacial score (nSPS) is 43.4. The molecule has 344 valence electrons. The van der Waals surface area contributed by atoms with Gasteiger partial charge in [-0.15, -0.1) is 0 Å². The van der Waals surface area contributed by atoms with Crippen LogP contribution in [0.3, 0.4) is 0 Å². The highest BCUT2D eigenvalue weighted by Crippen LogP contribution is 2.75. The number of aromatic carboxylic acids is 1. The first-order chi connectivity index (χ1) is 30.6. The number of aliphatic hydroxyl groups excluding tert-OH is 4. The van der Waals surface area contributed by atoms with Gasteiger partial charge in [0.15, 0.2) is 5.78 Å². The van der Waals surface area contributed by atoms with Crippen LogP contribution in [-0.4, -0.2) is 121 Å². The Balaban J connectivity index is 0.981. The summed E-state index contributed by atoms with van der Waals surface area (Å²) in [5.41, 5.74) is 8.69. The predicted molar refractivity (Wildman–Crippen MR) is 227 cm³/mol. The maximum atomic E-state index is 12.9.